The highest BCUT2D eigenvalue weighted by Crippen LogP contribution is 2.35. The zero-order valence-electron chi connectivity index (χ0n) is 14.7. The van der Waals surface area contributed by atoms with Crippen molar-refractivity contribution < 1.29 is 14.3 Å². The first kappa shape index (κ1) is 19.7. The molecule has 27 heavy (non-hydrogen) atoms. The fourth-order valence-electron chi connectivity index (χ4n) is 2.47. The van der Waals surface area contributed by atoms with Crippen molar-refractivity contribution in [2.45, 2.75) is 0 Å². The third kappa shape index (κ3) is 4.63. The summed E-state index contributed by atoms with van der Waals surface area (Å²) >= 11 is 10.1. The smallest absolute Gasteiger partial charge is 0.267 e. The van der Waals surface area contributed by atoms with Crippen molar-refractivity contribution in [1.29, 1.82) is 0 Å². The number of nitrogens with zero attached hydrogens (tertiary/aromatic N) is 1. The van der Waals surface area contributed by atoms with E-state index in [1.807, 2.05) is 36.4 Å². The van der Waals surface area contributed by atoms with Gasteiger partial charge in [-0.1, -0.05) is 39.9 Å². The van der Waals surface area contributed by atoms with E-state index in [9.17, 15) is 4.79 Å². The molecule has 8 heteroatoms. The van der Waals surface area contributed by atoms with E-state index < -0.39 is 0 Å². The van der Waals surface area contributed by atoms with Crippen LogP contribution in [0.4, 0.5) is 5.69 Å². The molecule has 3 rings (SSSR count). The number of thioether (sulfide) groups is 1. The molecule has 0 aromatic heterocycles. The van der Waals surface area contributed by atoms with Gasteiger partial charge in [0.25, 0.3) is 5.91 Å². The maximum atomic E-state index is 12.8. The van der Waals surface area contributed by atoms with E-state index in [1.165, 1.54) is 11.8 Å². The molecule has 0 atom stereocenters. The van der Waals surface area contributed by atoms with Gasteiger partial charge in [-0.05, 0) is 48.5 Å². The molecular weight excluding hydrogens is 448 g/mol. The summed E-state index contributed by atoms with van der Waals surface area (Å²) < 4.78 is 12.1. The topological polar surface area (TPSA) is 50.8 Å². The van der Waals surface area contributed by atoms with Gasteiger partial charge in [0.15, 0.2) is 0 Å². The number of benzene rings is 2. The normalized spacial score (nSPS) is 15.4. The standard InChI is InChI=1S/C19H17BrN2O3S2/c1-24-15-7-8-16(25-2)12(9-15)10-17-18(23)22(19(26)27-17)11-21-14-5-3-13(20)4-6-14/h3-10,21H,11H2,1-2H3. The summed E-state index contributed by atoms with van der Waals surface area (Å²) in [6.45, 7) is 0.304. The van der Waals surface area contributed by atoms with Crippen LogP contribution in [-0.2, 0) is 4.79 Å². The van der Waals surface area contributed by atoms with Crippen LogP contribution in [0.2, 0.25) is 0 Å². The lowest BCUT2D eigenvalue weighted by atomic mass is 10.1. The molecule has 5 nitrogen and oxygen atoms in total. The summed E-state index contributed by atoms with van der Waals surface area (Å²) in [5, 5.41) is 3.21. The number of halogens is 1. The Kier molecular flexibility index (Phi) is 6.41. The molecular formula is C19H17BrN2O3S2. The number of nitrogens with one attached hydrogen (secondary N) is 1. The zero-order valence-corrected chi connectivity index (χ0v) is 17.9. The molecule has 1 N–H and O–H groups in total. The highest BCUT2D eigenvalue weighted by molar-refractivity contribution is 9.10. The number of hydrogen-bond acceptors (Lipinski definition) is 6. The van der Waals surface area contributed by atoms with Crippen molar-refractivity contribution in [3.63, 3.8) is 0 Å². The lowest BCUT2D eigenvalue weighted by Gasteiger charge is -2.16. The second-order valence-corrected chi connectivity index (χ2v) is 8.15. The number of rotatable bonds is 6. The van der Waals surface area contributed by atoms with Crippen LogP contribution in [0.3, 0.4) is 0 Å². The highest BCUT2D eigenvalue weighted by Gasteiger charge is 2.32. The van der Waals surface area contributed by atoms with Crippen molar-refractivity contribution in [3.8, 4) is 11.5 Å². The van der Waals surface area contributed by atoms with Crippen LogP contribution < -0.4 is 14.8 Å². The maximum absolute atomic E-state index is 12.8. The summed E-state index contributed by atoms with van der Waals surface area (Å²) in [7, 11) is 3.19. The molecule has 0 aliphatic carbocycles. The van der Waals surface area contributed by atoms with Crippen LogP contribution in [-0.4, -0.2) is 36.0 Å². The molecule has 0 unspecified atom stereocenters. The van der Waals surface area contributed by atoms with Crippen LogP contribution in [0.15, 0.2) is 51.8 Å². The lowest BCUT2D eigenvalue weighted by molar-refractivity contribution is -0.121. The molecule has 0 saturated carbocycles. The molecule has 0 spiro atoms. The van der Waals surface area contributed by atoms with Gasteiger partial charge in [0.2, 0.25) is 0 Å². The summed E-state index contributed by atoms with van der Waals surface area (Å²) in [4.78, 5) is 14.9. The van der Waals surface area contributed by atoms with Crippen LogP contribution in [0.25, 0.3) is 6.08 Å². The van der Waals surface area contributed by atoms with E-state index in [0.29, 0.717) is 27.4 Å². The molecule has 1 aliphatic heterocycles. The number of anilines is 1. The number of amides is 1. The quantitative estimate of drug-likeness (QED) is 0.492. The molecule has 2 aromatic rings. The van der Waals surface area contributed by atoms with Crippen LogP contribution in [0.1, 0.15) is 5.56 Å². The van der Waals surface area contributed by atoms with Gasteiger partial charge in [-0.2, -0.15) is 0 Å². The third-order valence-electron chi connectivity index (χ3n) is 3.88. The average molecular weight is 465 g/mol. The summed E-state index contributed by atoms with van der Waals surface area (Å²) in [5.41, 5.74) is 1.67. The summed E-state index contributed by atoms with van der Waals surface area (Å²) in [5.74, 6) is 1.21. The van der Waals surface area contributed by atoms with Gasteiger partial charge in [0.05, 0.1) is 25.8 Å². The number of thiocarbonyl (C=S) groups is 1. The third-order valence-corrected chi connectivity index (χ3v) is 5.79. The predicted octanol–water partition coefficient (Wildman–Crippen LogP) is 4.74. The van der Waals surface area contributed by atoms with Gasteiger partial charge >= 0.3 is 0 Å². The fraction of sp³-hybridized carbons (Fsp3) is 0.158. The second kappa shape index (κ2) is 8.77. The van der Waals surface area contributed by atoms with Crippen molar-refractivity contribution in [2.24, 2.45) is 0 Å². The van der Waals surface area contributed by atoms with Gasteiger partial charge in [-0.25, -0.2) is 0 Å². The first-order valence-electron chi connectivity index (χ1n) is 7.98. The number of hydrogen-bond donors (Lipinski definition) is 1. The minimum Gasteiger partial charge on any atom is -0.497 e. The Labute approximate surface area is 175 Å². The van der Waals surface area contributed by atoms with Gasteiger partial charge in [0.1, 0.15) is 15.8 Å². The molecule has 1 aliphatic rings. The van der Waals surface area contributed by atoms with E-state index in [0.717, 1.165) is 15.7 Å². The summed E-state index contributed by atoms with van der Waals surface area (Å²) in [6.07, 6.45) is 1.78. The minimum absolute atomic E-state index is 0.139. The van der Waals surface area contributed by atoms with Gasteiger partial charge < -0.3 is 14.8 Å². The van der Waals surface area contributed by atoms with Crippen molar-refractivity contribution in [1.82, 2.24) is 4.90 Å². The van der Waals surface area contributed by atoms with E-state index >= 15 is 0 Å². The van der Waals surface area contributed by atoms with Crippen LogP contribution >= 0.6 is 39.9 Å². The molecule has 1 fully saturated rings. The van der Waals surface area contributed by atoms with Gasteiger partial charge in [-0.15, -0.1) is 0 Å². The molecule has 0 radical (unpaired) electrons. The number of ether oxygens (including phenoxy) is 2. The average Bonchev–Trinajstić information content (AvgIpc) is 2.94. The minimum atomic E-state index is -0.139. The Balaban J connectivity index is 1.77. The zero-order chi connectivity index (χ0) is 19.4. The molecule has 1 saturated heterocycles. The SMILES string of the molecule is COc1ccc(OC)c(C=C2SC(=S)N(CNc3ccc(Br)cc3)C2=O)c1. The first-order valence-corrected chi connectivity index (χ1v) is 10.0. The van der Waals surface area contributed by atoms with Crippen molar-refractivity contribution in [2.75, 3.05) is 26.2 Å². The Bertz CT molecular complexity index is 900. The maximum Gasteiger partial charge on any atom is 0.267 e. The molecule has 1 heterocycles. The van der Waals surface area contributed by atoms with Crippen LogP contribution in [0.5, 0.6) is 11.5 Å². The van der Waals surface area contributed by atoms with Gasteiger partial charge in [-0.3, -0.25) is 9.69 Å². The van der Waals surface area contributed by atoms with E-state index in [-0.39, 0.29) is 5.91 Å². The fourth-order valence-corrected chi connectivity index (χ4v) is 3.98. The van der Waals surface area contributed by atoms with Gasteiger partial charge in [0, 0.05) is 15.7 Å². The Morgan fingerprint density at radius 2 is 1.93 bits per heavy atom. The van der Waals surface area contributed by atoms with E-state index in [1.54, 1.807) is 31.3 Å². The number of carbonyl (C=O) groups is 1. The monoisotopic (exact) mass is 464 g/mol. The van der Waals surface area contributed by atoms with E-state index in [4.69, 9.17) is 21.7 Å². The summed E-state index contributed by atoms with van der Waals surface area (Å²) in [6, 6.07) is 13.2. The molecule has 140 valence electrons. The van der Waals surface area contributed by atoms with Crippen molar-refractivity contribution in [3.05, 3.63) is 57.4 Å². The van der Waals surface area contributed by atoms with E-state index in [2.05, 4.69) is 21.2 Å². The highest BCUT2D eigenvalue weighted by atomic mass is 79.9. The lowest BCUT2D eigenvalue weighted by Crippen LogP contribution is -2.33. The molecule has 0 bridgehead atoms. The Morgan fingerprint density at radius 1 is 1.19 bits per heavy atom. The molecule has 1 amide bonds. The van der Waals surface area contributed by atoms with Crippen LogP contribution in [0, 0.1) is 0 Å². The Morgan fingerprint density at radius 3 is 2.59 bits per heavy atom. The first-order chi connectivity index (χ1) is 13.0. The Hall–Kier alpha value is -2.03. The predicted molar refractivity (Wildman–Crippen MR) is 117 cm³/mol. The largest absolute Gasteiger partial charge is 0.497 e. The second-order valence-electron chi connectivity index (χ2n) is 5.56. The number of methoxy groups -OCH3 is 2. The molecule has 2 aromatic carbocycles. The van der Waals surface area contributed by atoms with Crippen molar-refractivity contribution >= 4 is 61.9 Å². The number of carbonyl (C=O) groups excluding carboxylic acids is 1.